The first-order valence-electron chi connectivity index (χ1n) is 8.19. The maximum Gasteiger partial charge on any atom is 0.223 e. The molecule has 0 aromatic heterocycles. The zero-order valence-electron chi connectivity index (χ0n) is 12.3. The lowest BCUT2D eigenvalue weighted by molar-refractivity contribution is -0.132. The Morgan fingerprint density at radius 2 is 1.80 bits per heavy atom. The second-order valence-electron chi connectivity index (χ2n) is 6.35. The third-order valence-corrected chi connectivity index (χ3v) is 5.00. The minimum atomic E-state index is 0.326. The van der Waals surface area contributed by atoms with Gasteiger partial charge in [0, 0.05) is 13.0 Å². The molecule has 1 aliphatic carbocycles. The Morgan fingerprint density at radius 3 is 2.55 bits per heavy atom. The van der Waals surface area contributed by atoms with Gasteiger partial charge in [0.25, 0.3) is 0 Å². The van der Waals surface area contributed by atoms with Crippen molar-refractivity contribution in [3.05, 3.63) is 35.9 Å². The SMILES string of the molecule is O=C(CCC1CCCC1)N1CCCC1c1ccccc1. The molecule has 0 spiro atoms. The van der Waals surface area contributed by atoms with Crippen LogP contribution in [0.1, 0.15) is 63.0 Å². The van der Waals surface area contributed by atoms with Crippen molar-refractivity contribution < 1.29 is 4.79 Å². The van der Waals surface area contributed by atoms with E-state index in [0.717, 1.165) is 38.1 Å². The van der Waals surface area contributed by atoms with E-state index in [2.05, 4.69) is 29.2 Å². The summed E-state index contributed by atoms with van der Waals surface area (Å²) >= 11 is 0. The molecule has 1 saturated heterocycles. The van der Waals surface area contributed by atoms with Crippen molar-refractivity contribution in [3.8, 4) is 0 Å². The van der Waals surface area contributed by atoms with Gasteiger partial charge in [0.2, 0.25) is 5.91 Å². The number of carbonyl (C=O) groups excluding carboxylic acids is 1. The van der Waals surface area contributed by atoms with Gasteiger partial charge >= 0.3 is 0 Å². The summed E-state index contributed by atoms with van der Waals surface area (Å²) in [6.45, 7) is 0.947. The summed E-state index contributed by atoms with van der Waals surface area (Å²) in [6.07, 6.45) is 9.56. The van der Waals surface area contributed by atoms with Crippen molar-refractivity contribution in [2.24, 2.45) is 5.92 Å². The van der Waals surface area contributed by atoms with E-state index in [1.165, 1.54) is 31.2 Å². The van der Waals surface area contributed by atoms with Gasteiger partial charge in [-0.05, 0) is 30.7 Å². The van der Waals surface area contributed by atoms with Crippen molar-refractivity contribution >= 4 is 5.91 Å². The van der Waals surface area contributed by atoms with Crippen LogP contribution in [0.25, 0.3) is 0 Å². The van der Waals surface area contributed by atoms with E-state index in [-0.39, 0.29) is 0 Å². The van der Waals surface area contributed by atoms with Crippen LogP contribution in [0.15, 0.2) is 30.3 Å². The van der Waals surface area contributed by atoms with Gasteiger partial charge in [0.15, 0.2) is 0 Å². The molecule has 20 heavy (non-hydrogen) atoms. The Hall–Kier alpha value is -1.31. The van der Waals surface area contributed by atoms with Crippen LogP contribution in [-0.4, -0.2) is 17.4 Å². The molecule has 0 radical (unpaired) electrons. The molecule has 1 saturated carbocycles. The molecule has 108 valence electrons. The highest BCUT2D eigenvalue weighted by molar-refractivity contribution is 5.77. The lowest BCUT2D eigenvalue weighted by Gasteiger charge is -2.25. The molecule has 0 bridgehead atoms. The van der Waals surface area contributed by atoms with Gasteiger partial charge in [-0.2, -0.15) is 0 Å². The van der Waals surface area contributed by atoms with Gasteiger partial charge in [-0.1, -0.05) is 56.0 Å². The largest absolute Gasteiger partial charge is 0.336 e. The lowest BCUT2D eigenvalue weighted by Crippen LogP contribution is -2.30. The van der Waals surface area contributed by atoms with Crippen molar-refractivity contribution in [1.29, 1.82) is 0 Å². The maximum absolute atomic E-state index is 12.5. The van der Waals surface area contributed by atoms with Crippen molar-refractivity contribution in [2.45, 2.75) is 57.4 Å². The second-order valence-corrected chi connectivity index (χ2v) is 6.35. The maximum atomic E-state index is 12.5. The lowest BCUT2D eigenvalue weighted by atomic mass is 10.0. The van der Waals surface area contributed by atoms with Crippen LogP contribution < -0.4 is 0 Å². The molecular weight excluding hydrogens is 246 g/mol. The number of amides is 1. The van der Waals surface area contributed by atoms with Crippen LogP contribution in [0.3, 0.4) is 0 Å². The van der Waals surface area contributed by atoms with Crippen LogP contribution in [0.5, 0.6) is 0 Å². The van der Waals surface area contributed by atoms with Crippen LogP contribution in [0.4, 0.5) is 0 Å². The van der Waals surface area contributed by atoms with Gasteiger partial charge < -0.3 is 4.90 Å². The zero-order valence-corrected chi connectivity index (χ0v) is 12.3. The minimum absolute atomic E-state index is 0.326. The molecule has 1 unspecified atom stereocenters. The first kappa shape index (κ1) is 13.7. The molecular formula is C18H25NO. The summed E-state index contributed by atoms with van der Waals surface area (Å²) in [7, 11) is 0. The first-order valence-corrected chi connectivity index (χ1v) is 8.19. The molecule has 1 amide bonds. The number of hydrogen-bond acceptors (Lipinski definition) is 1. The standard InChI is InChI=1S/C18H25NO/c20-18(13-12-15-7-4-5-8-15)19-14-6-11-17(19)16-9-2-1-3-10-16/h1-3,9-10,15,17H,4-8,11-14H2. The third-order valence-electron chi connectivity index (χ3n) is 5.00. The van der Waals surface area contributed by atoms with Crippen molar-refractivity contribution in [3.63, 3.8) is 0 Å². The predicted octanol–water partition coefficient (Wildman–Crippen LogP) is 4.32. The highest BCUT2D eigenvalue weighted by Gasteiger charge is 2.29. The molecule has 1 aromatic rings. The van der Waals surface area contributed by atoms with Crippen LogP contribution in [0.2, 0.25) is 0 Å². The Morgan fingerprint density at radius 1 is 1.05 bits per heavy atom. The second kappa shape index (κ2) is 6.43. The Labute approximate surface area is 122 Å². The predicted molar refractivity (Wildman–Crippen MR) is 81.3 cm³/mol. The molecule has 2 heteroatoms. The molecule has 2 aliphatic rings. The highest BCUT2D eigenvalue weighted by atomic mass is 16.2. The number of benzene rings is 1. The van der Waals surface area contributed by atoms with E-state index in [4.69, 9.17) is 0 Å². The average molecular weight is 271 g/mol. The molecule has 1 atom stereocenters. The molecule has 1 heterocycles. The molecule has 1 aromatic carbocycles. The van der Waals surface area contributed by atoms with Gasteiger partial charge in [-0.3, -0.25) is 4.79 Å². The number of likely N-dealkylation sites (tertiary alicyclic amines) is 1. The van der Waals surface area contributed by atoms with E-state index in [9.17, 15) is 4.79 Å². The van der Waals surface area contributed by atoms with Crippen LogP contribution >= 0.6 is 0 Å². The summed E-state index contributed by atoms with van der Waals surface area (Å²) in [4.78, 5) is 14.6. The minimum Gasteiger partial charge on any atom is -0.336 e. The number of hydrogen-bond donors (Lipinski definition) is 0. The van der Waals surface area contributed by atoms with E-state index >= 15 is 0 Å². The van der Waals surface area contributed by atoms with Crippen LogP contribution in [-0.2, 0) is 4.79 Å². The number of rotatable bonds is 4. The van der Waals surface area contributed by atoms with Gasteiger partial charge in [-0.15, -0.1) is 0 Å². The van der Waals surface area contributed by atoms with E-state index in [0.29, 0.717) is 11.9 Å². The smallest absolute Gasteiger partial charge is 0.223 e. The molecule has 2 nitrogen and oxygen atoms in total. The van der Waals surface area contributed by atoms with Crippen LogP contribution in [0, 0.1) is 5.92 Å². The summed E-state index contributed by atoms with van der Waals surface area (Å²) in [6, 6.07) is 10.8. The topological polar surface area (TPSA) is 20.3 Å². The Balaban J connectivity index is 1.58. The number of nitrogens with zero attached hydrogens (tertiary/aromatic N) is 1. The number of carbonyl (C=O) groups is 1. The zero-order chi connectivity index (χ0) is 13.8. The molecule has 3 rings (SSSR count). The van der Waals surface area contributed by atoms with E-state index in [1.54, 1.807) is 0 Å². The van der Waals surface area contributed by atoms with Gasteiger partial charge in [0.05, 0.1) is 6.04 Å². The summed E-state index contributed by atoms with van der Waals surface area (Å²) in [5, 5.41) is 0. The fraction of sp³-hybridized carbons (Fsp3) is 0.611. The normalized spacial score (nSPS) is 23.4. The first-order chi connectivity index (χ1) is 9.84. The van der Waals surface area contributed by atoms with E-state index < -0.39 is 0 Å². The quantitative estimate of drug-likeness (QED) is 0.798. The third kappa shape index (κ3) is 3.05. The Kier molecular flexibility index (Phi) is 4.39. The molecule has 1 aliphatic heterocycles. The monoisotopic (exact) mass is 271 g/mol. The van der Waals surface area contributed by atoms with E-state index in [1.807, 2.05) is 6.07 Å². The summed E-state index contributed by atoms with van der Waals surface area (Å²) < 4.78 is 0. The highest BCUT2D eigenvalue weighted by Crippen LogP contribution is 2.34. The van der Waals surface area contributed by atoms with Crippen molar-refractivity contribution in [2.75, 3.05) is 6.54 Å². The average Bonchev–Trinajstić information content (AvgIpc) is 3.17. The Bertz CT molecular complexity index is 436. The van der Waals surface area contributed by atoms with Gasteiger partial charge in [-0.25, -0.2) is 0 Å². The van der Waals surface area contributed by atoms with Gasteiger partial charge in [0.1, 0.15) is 0 Å². The molecule has 0 N–H and O–H groups in total. The fourth-order valence-corrected chi connectivity index (χ4v) is 3.86. The fourth-order valence-electron chi connectivity index (χ4n) is 3.86. The van der Waals surface area contributed by atoms with Crippen molar-refractivity contribution in [1.82, 2.24) is 4.90 Å². The molecule has 2 fully saturated rings. The summed E-state index contributed by atoms with van der Waals surface area (Å²) in [5.41, 5.74) is 1.30. The summed E-state index contributed by atoms with van der Waals surface area (Å²) in [5.74, 6) is 1.19.